The topological polar surface area (TPSA) is 109 Å². The van der Waals surface area contributed by atoms with Gasteiger partial charge in [-0.25, -0.2) is 0 Å². The second-order valence-corrected chi connectivity index (χ2v) is 8.81. The highest BCUT2D eigenvalue weighted by molar-refractivity contribution is 6.31. The van der Waals surface area contributed by atoms with E-state index in [9.17, 15) is 20.4 Å². The highest BCUT2D eigenvalue weighted by atomic mass is 35.5. The number of aryl methyl sites for hydroxylation is 1. The smallest absolute Gasteiger partial charge is 0.126 e. The van der Waals surface area contributed by atoms with E-state index in [0.29, 0.717) is 22.8 Å². The zero-order valence-corrected chi connectivity index (χ0v) is 20.7. The van der Waals surface area contributed by atoms with Crippen LogP contribution in [0.4, 0.5) is 0 Å². The number of hydrogen-bond acceptors (Lipinski definition) is 7. The highest BCUT2D eigenvalue weighted by Crippen LogP contribution is 2.40. The summed E-state index contributed by atoms with van der Waals surface area (Å²) >= 11 is 6.61. The first-order valence-electron chi connectivity index (χ1n) is 11.7. The van der Waals surface area contributed by atoms with Crippen LogP contribution in [0.25, 0.3) is 0 Å². The summed E-state index contributed by atoms with van der Waals surface area (Å²) in [7, 11) is 0. The first kappa shape index (κ1) is 27.4. The van der Waals surface area contributed by atoms with Gasteiger partial charge >= 0.3 is 0 Å². The van der Waals surface area contributed by atoms with Gasteiger partial charge < -0.3 is 34.6 Å². The van der Waals surface area contributed by atoms with E-state index >= 15 is 0 Å². The van der Waals surface area contributed by atoms with Gasteiger partial charge in [0.1, 0.15) is 49.5 Å². The third-order valence-corrected chi connectivity index (χ3v) is 6.39. The molecule has 4 N–H and O–H groups in total. The van der Waals surface area contributed by atoms with Crippen LogP contribution in [0.3, 0.4) is 0 Å². The Morgan fingerprint density at radius 3 is 2.37 bits per heavy atom. The number of aliphatic hydroxyl groups excluding tert-OH is 4. The summed E-state index contributed by atoms with van der Waals surface area (Å²) in [5.74, 6) is 5.91. The standard InChI is InChI=1S/C27H33ClO7/c1-3-5-10-33-11-12-34-22-15-21(28)19(13-18-8-6-17(4-2)7-9-18)14-20(22)27-26(32)25(31)24(30)23(16-29)35-27/h6-9,14-15,23-27,29-32H,4,10-13,16H2,1-2H3/t23-,24?,25+,26-,27+/m1/s1. The average Bonchev–Trinajstić information content (AvgIpc) is 2.87. The van der Waals surface area contributed by atoms with Gasteiger partial charge in [-0.3, -0.25) is 0 Å². The number of benzene rings is 2. The van der Waals surface area contributed by atoms with Crippen molar-refractivity contribution in [3.05, 3.63) is 63.7 Å². The summed E-state index contributed by atoms with van der Waals surface area (Å²) in [5, 5.41) is 41.4. The molecule has 0 bridgehead atoms. The van der Waals surface area contributed by atoms with Gasteiger partial charge in [-0.15, -0.1) is 5.92 Å². The molecule has 8 heteroatoms. The summed E-state index contributed by atoms with van der Waals surface area (Å²) in [5.41, 5.74) is 3.53. The molecule has 35 heavy (non-hydrogen) atoms. The van der Waals surface area contributed by atoms with Crippen molar-refractivity contribution in [2.45, 2.75) is 57.2 Å². The van der Waals surface area contributed by atoms with Gasteiger partial charge in [0.2, 0.25) is 0 Å². The van der Waals surface area contributed by atoms with Crippen molar-refractivity contribution in [3.63, 3.8) is 0 Å². The third-order valence-electron chi connectivity index (χ3n) is 6.04. The Balaban J connectivity index is 1.91. The predicted octanol–water partition coefficient (Wildman–Crippen LogP) is 2.43. The first-order chi connectivity index (χ1) is 16.9. The lowest BCUT2D eigenvalue weighted by molar-refractivity contribution is -0.232. The zero-order chi connectivity index (χ0) is 25.4. The van der Waals surface area contributed by atoms with Crippen LogP contribution in [0, 0.1) is 11.8 Å². The SMILES string of the molecule is CC#CCOCCOc1cc(Cl)c(Cc2ccc(CC)cc2)cc1[C@@H]1O[C@H](CO)C(O)[C@H](O)[C@H]1O. The lowest BCUT2D eigenvalue weighted by Crippen LogP contribution is -2.55. The molecule has 1 heterocycles. The first-order valence-corrected chi connectivity index (χ1v) is 12.1. The van der Waals surface area contributed by atoms with Crippen LogP contribution < -0.4 is 4.74 Å². The Hall–Kier alpha value is -2.15. The van der Waals surface area contributed by atoms with E-state index < -0.39 is 37.1 Å². The van der Waals surface area contributed by atoms with Crippen molar-refractivity contribution in [1.29, 1.82) is 0 Å². The average molecular weight is 505 g/mol. The van der Waals surface area contributed by atoms with Crippen molar-refractivity contribution < 1.29 is 34.6 Å². The van der Waals surface area contributed by atoms with Crippen LogP contribution in [0.15, 0.2) is 36.4 Å². The minimum Gasteiger partial charge on any atom is -0.491 e. The molecule has 0 aliphatic carbocycles. The normalized spacial score (nSPS) is 24.0. The van der Waals surface area contributed by atoms with Gasteiger partial charge in [0.15, 0.2) is 0 Å². The number of halogens is 1. The van der Waals surface area contributed by atoms with Crippen LogP contribution in [0.2, 0.25) is 5.02 Å². The Bertz CT molecular complexity index is 1010. The van der Waals surface area contributed by atoms with Crippen molar-refractivity contribution in [2.24, 2.45) is 0 Å². The second kappa shape index (κ2) is 13.2. The molecule has 1 fully saturated rings. The number of ether oxygens (including phenoxy) is 3. The van der Waals surface area contributed by atoms with Crippen LogP contribution in [0.1, 0.15) is 42.2 Å². The molecule has 1 saturated heterocycles. The number of aliphatic hydroxyl groups is 4. The van der Waals surface area contributed by atoms with E-state index in [1.54, 1.807) is 19.1 Å². The summed E-state index contributed by atoms with van der Waals surface area (Å²) < 4.78 is 17.1. The second-order valence-electron chi connectivity index (χ2n) is 8.41. The quantitative estimate of drug-likeness (QED) is 0.291. The minimum atomic E-state index is -1.50. The van der Waals surface area contributed by atoms with E-state index in [1.165, 1.54) is 5.56 Å². The van der Waals surface area contributed by atoms with Crippen LogP contribution >= 0.6 is 11.6 Å². The fourth-order valence-electron chi connectivity index (χ4n) is 3.98. The zero-order valence-electron chi connectivity index (χ0n) is 20.0. The lowest BCUT2D eigenvalue weighted by atomic mass is 9.89. The maximum Gasteiger partial charge on any atom is 0.126 e. The van der Waals surface area contributed by atoms with E-state index in [-0.39, 0.29) is 19.8 Å². The van der Waals surface area contributed by atoms with Crippen molar-refractivity contribution in [2.75, 3.05) is 26.4 Å². The van der Waals surface area contributed by atoms with E-state index in [2.05, 4.69) is 30.9 Å². The predicted molar refractivity (Wildman–Crippen MR) is 133 cm³/mol. The molecule has 2 aromatic carbocycles. The molecule has 1 aliphatic rings. The summed E-state index contributed by atoms with van der Waals surface area (Å²) in [6.07, 6.45) is -5.00. The number of hydrogen-bond donors (Lipinski definition) is 4. The van der Waals surface area contributed by atoms with E-state index in [1.807, 2.05) is 12.1 Å². The van der Waals surface area contributed by atoms with E-state index in [0.717, 1.165) is 17.5 Å². The van der Waals surface area contributed by atoms with Crippen LogP contribution in [-0.2, 0) is 22.3 Å². The maximum absolute atomic E-state index is 10.7. The third kappa shape index (κ3) is 6.96. The van der Waals surface area contributed by atoms with Gasteiger partial charge in [0.05, 0.1) is 13.2 Å². The summed E-state index contributed by atoms with van der Waals surface area (Å²) in [4.78, 5) is 0. The van der Waals surface area contributed by atoms with Gasteiger partial charge in [0, 0.05) is 10.6 Å². The van der Waals surface area contributed by atoms with Gasteiger partial charge in [-0.2, -0.15) is 0 Å². The highest BCUT2D eigenvalue weighted by Gasteiger charge is 2.45. The molecule has 2 aromatic rings. The molecule has 7 nitrogen and oxygen atoms in total. The summed E-state index contributed by atoms with van der Waals surface area (Å²) in [6.45, 7) is 4.08. The summed E-state index contributed by atoms with van der Waals surface area (Å²) in [6, 6.07) is 11.7. The van der Waals surface area contributed by atoms with Crippen LogP contribution in [-0.4, -0.2) is 71.3 Å². The van der Waals surface area contributed by atoms with Gasteiger partial charge in [-0.05, 0) is 48.6 Å². The molecule has 1 unspecified atom stereocenters. The fourth-order valence-corrected chi connectivity index (χ4v) is 4.20. The molecule has 3 rings (SSSR count). The molecule has 0 amide bonds. The van der Waals surface area contributed by atoms with Crippen molar-refractivity contribution in [3.8, 4) is 17.6 Å². The van der Waals surface area contributed by atoms with Crippen molar-refractivity contribution in [1.82, 2.24) is 0 Å². The molecular formula is C27H33ClO7. The van der Waals surface area contributed by atoms with Gasteiger partial charge in [0.25, 0.3) is 0 Å². The maximum atomic E-state index is 10.7. The molecule has 190 valence electrons. The van der Waals surface area contributed by atoms with Crippen LogP contribution in [0.5, 0.6) is 5.75 Å². The molecule has 0 radical (unpaired) electrons. The number of rotatable bonds is 10. The molecule has 0 aromatic heterocycles. The largest absolute Gasteiger partial charge is 0.491 e. The lowest BCUT2D eigenvalue weighted by Gasteiger charge is -2.40. The Kier molecular flexibility index (Phi) is 10.4. The Labute approximate surface area is 211 Å². The molecule has 1 aliphatic heterocycles. The van der Waals surface area contributed by atoms with Gasteiger partial charge in [-0.1, -0.05) is 48.7 Å². The van der Waals surface area contributed by atoms with Crippen molar-refractivity contribution >= 4 is 11.6 Å². The Morgan fingerprint density at radius 2 is 1.71 bits per heavy atom. The fraction of sp³-hybridized carbons (Fsp3) is 0.481. The molecule has 0 spiro atoms. The molecular weight excluding hydrogens is 472 g/mol. The Morgan fingerprint density at radius 1 is 1.00 bits per heavy atom. The monoisotopic (exact) mass is 504 g/mol. The van der Waals surface area contributed by atoms with E-state index in [4.69, 9.17) is 25.8 Å². The molecule has 5 atom stereocenters. The minimum absolute atomic E-state index is 0.198. The molecule has 0 saturated carbocycles.